The summed E-state index contributed by atoms with van der Waals surface area (Å²) >= 11 is 0. The van der Waals surface area contributed by atoms with Gasteiger partial charge < -0.3 is 10.1 Å². The van der Waals surface area contributed by atoms with Crippen LogP contribution in [0.1, 0.15) is 40.9 Å². The fourth-order valence-corrected chi connectivity index (χ4v) is 3.74. The second-order valence-corrected chi connectivity index (χ2v) is 8.63. The van der Waals surface area contributed by atoms with Crippen LogP contribution in [0.15, 0.2) is 47.4 Å². The van der Waals surface area contributed by atoms with E-state index in [9.17, 15) is 13.2 Å². The van der Waals surface area contributed by atoms with E-state index in [0.29, 0.717) is 12.0 Å². The van der Waals surface area contributed by atoms with E-state index in [1.54, 1.807) is 19.2 Å². The summed E-state index contributed by atoms with van der Waals surface area (Å²) in [6, 6.07) is 11.7. The Morgan fingerprint density at radius 1 is 1.19 bits per heavy atom. The number of rotatable bonds is 7. The quantitative estimate of drug-likeness (QED) is 0.788. The lowest BCUT2D eigenvalue weighted by atomic mass is 10.0. The molecule has 0 spiro atoms. The monoisotopic (exact) mass is 390 g/mol. The number of carbonyl (C=O) groups is 1. The molecule has 0 saturated carbocycles. The van der Waals surface area contributed by atoms with Gasteiger partial charge in [0.2, 0.25) is 10.0 Å². The van der Waals surface area contributed by atoms with Crippen LogP contribution in [0.5, 0.6) is 5.75 Å². The molecule has 1 atom stereocenters. The molecule has 0 bridgehead atoms. The van der Waals surface area contributed by atoms with Crippen LogP contribution in [-0.2, 0) is 10.0 Å². The summed E-state index contributed by atoms with van der Waals surface area (Å²) in [6.45, 7) is 3.93. The van der Waals surface area contributed by atoms with E-state index in [-0.39, 0.29) is 16.8 Å². The number of methoxy groups -OCH3 is 1. The van der Waals surface area contributed by atoms with Crippen molar-refractivity contribution in [2.75, 3.05) is 21.2 Å². The molecule has 0 saturated heterocycles. The maximum absolute atomic E-state index is 12.7. The van der Waals surface area contributed by atoms with Gasteiger partial charge in [-0.2, -0.15) is 0 Å². The van der Waals surface area contributed by atoms with E-state index in [1.807, 2.05) is 32.0 Å². The summed E-state index contributed by atoms with van der Waals surface area (Å²) < 4.78 is 31.0. The Balaban J connectivity index is 2.26. The van der Waals surface area contributed by atoms with Gasteiger partial charge in [-0.3, -0.25) is 4.79 Å². The second kappa shape index (κ2) is 8.54. The van der Waals surface area contributed by atoms with E-state index in [0.717, 1.165) is 21.2 Å². The molecule has 146 valence electrons. The van der Waals surface area contributed by atoms with E-state index in [4.69, 9.17) is 4.74 Å². The molecule has 7 heteroatoms. The standard InChI is InChI=1S/C20H26N2O4S/c1-6-18(15-10-11-19(26-5)14(2)12-15)21-20(23)16-8-7-9-17(13-16)27(24,25)22(3)4/h7-13,18H,6H2,1-5H3,(H,21,23). The van der Waals surface area contributed by atoms with Gasteiger partial charge >= 0.3 is 0 Å². The number of benzene rings is 2. The molecule has 2 rings (SSSR count). The first-order valence-electron chi connectivity index (χ1n) is 8.68. The number of ether oxygens (including phenoxy) is 1. The molecular formula is C20H26N2O4S. The number of nitrogens with one attached hydrogen (secondary N) is 1. The highest BCUT2D eigenvalue weighted by atomic mass is 32.2. The molecule has 0 radical (unpaired) electrons. The number of sulfonamides is 1. The van der Waals surface area contributed by atoms with Crippen molar-refractivity contribution < 1.29 is 17.9 Å². The second-order valence-electron chi connectivity index (χ2n) is 6.48. The van der Waals surface area contributed by atoms with Crippen LogP contribution in [0.4, 0.5) is 0 Å². The van der Waals surface area contributed by atoms with Crippen molar-refractivity contribution in [3.05, 3.63) is 59.2 Å². The SMILES string of the molecule is CCC(NC(=O)c1cccc(S(=O)(=O)N(C)C)c1)c1ccc(OC)c(C)c1. The largest absolute Gasteiger partial charge is 0.496 e. The smallest absolute Gasteiger partial charge is 0.251 e. The molecule has 0 aromatic heterocycles. The van der Waals surface area contributed by atoms with Crippen molar-refractivity contribution in [3.63, 3.8) is 0 Å². The third kappa shape index (κ3) is 4.67. The maximum Gasteiger partial charge on any atom is 0.251 e. The Kier molecular flexibility index (Phi) is 6.62. The minimum absolute atomic E-state index is 0.0912. The summed E-state index contributed by atoms with van der Waals surface area (Å²) in [6.07, 6.45) is 0.702. The van der Waals surface area contributed by atoms with E-state index in [1.165, 1.54) is 26.2 Å². The third-order valence-electron chi connectivity index (χ3n) is 4.41. The number of carbonyl (C=O) groups excluding carboxylic acids is 1. The molecule has 1 unspecified atom stereocenters. The minimum atomic E-state index is -3.59. The molecule has 0 aliphatic rings. The van der Waals surface area contributed by atoms with Crippen LogP contribution < -0.4 is 10.1 Å². The van der Waals surface area contributed by atoms with Gasteiger partial charge in [0.1, 0.15) is 5.75 Å². The van der Waals surface area contributed by atoms with E-state index < -0.39 is 10.0 Å². The average Bonchev–Trinajstić information content (AvgIpc) is 2.65. The minimum Gasteiger partial charge on any atom is -0.496 e. The number of aryl methyl sites for hydroxylation is 1. The first-order valence-corrected chi connectivity index (χ1v) is 10.1. The zero-order chi connectivity index (χ0) is 20.2. The zero-order valence-corrected chi connectivity index (χ0v) is 17.1. The van der Waals surface area contributed by atoms with Crippen molar-refractivity contribution >= 4 is 15.9 Å². The Morgan fingerprint density at radius 2 is 1.89 bits per heavy atom. The topological polar surface area (TPSA) is 75.7 Å². The van der Waals surface area contributed by atoms with E-state index in [2.05, 4.69) is 5.32 Å². The van der Waals surface area contributed by atoms with Crippen molar-refractivity contribution in [3.8, 4) is 5.75 Å². The summed E-state index contributed by atoms with van der Waals surface area (Å²) in [5, 5.41) is 2.98. The number of amides is 1. The summed E-state index contributed by atoms with van der Waals surface area (Å²) in [5.74, 6) is 0.479. The molecular weight excluding hydrogens is 364 g/mol. The fourth-order valence-electron chi connectivity index (χ4n) is 2.79. The van der Waals surface area contributed by atoms with Crippen LogP contribution in [0, 0.1) is 6.92 Å². The average molecular weight is 391 g/mol. The highest BCUT2D eigenvalue weighted by Gasteiger charge is 2.20. The number of hydrogen-bond acceptors (Lipinski definition) is 4. The number of hydrogen-bond donors (Lipinski definition) is 1. The summed E-state index contributed by atoms with van der Waals surface area (Å²) in [4.78, 5) is 12.8. The molecule has 6 nitrogen and oxygen atoms in total. The highest BCUT2D eigenvalue weighted by Crippen LogP contribution is 2.25. The van der Waals surface area contributed by atoms with Crippen molar-refractivity contribution in [2.45, 2.75) is 31.2 Å². The highest BCUT2D eigenvalue weighted by molar-refractivity contribution is 7.89. The van der Waals surface area contributed by atoms with Gasteiger partial charge in [0.05, 0.1) is 18.0 Å². The molecule has 1 N–H and O–H groups in total. The van der Waals surface area contributed by atoms with Crippen molar-refractivity contribution in [1.29, 1.82) is 0 Å². The van der Waals surface area contributed by atoms with Crippen LogP contribution in [0.25, 0.3) is 0 Å². The van der Waals surface area contributed by atoms with Crippen LogP contribution in [-0.4, -0.2) is 39.8 Å². The lowest BCUT2D eigenvalue weighted by Gasteiger charge is -2.19. The first-order chi connectivity index (χ1) is 12.7. The van der Waals surface area contributed by atoms with Gasteiger partial charge in [-0.25, -0.2) is 12.7 Å². The Morgan fingerprint density at radius 3 is 2.44 bits per heavy atom. The molecule has 0 aliphatic carbocycles. The van der Waals surface area contributed by atoms with Crippen LogP contribution in [0.3, 0.4) is 0 Å². The van der Waals surface area contributed by atoms with Crippen LogP contribution in [0.2, 0.25) is 0 Å². The molecule has 2 aromatic rings. The molecule has 2 aromatic carbocycles. The molecule has 0 aliphatic heterocycles. The zero-order valence-electron chi connectivity index (χ0n) is 16.3. The third-order valence-corrected chi connectivity index (χ3v) is 6.22. The molecule has 27 heavy (non-hydrogen) atoms. The lowest BCUT2D eigenvalue weighted by Crippen LogP contribution is -2.28. The molecule has 0 heterocycles. The van der Waals surface area contributed by atoms with Gasteiger partial charge in [0, 0.05) is 19.7 Å². The lowest BCUT2D eigenvalue weighted by molar-refractivity contribution is 0.0935. The summed E-state index contributed by atoms with van der Waals surface area (Å²) in [7, 11) is 0.947. The summed E-state index contributed by atoms with van der Waals surface area (Å²) in [5.41, 5.74) is 2.27. The molecule has 0 fully saturated rings. The molecule has 1 amide bonds. The van der Waals surface area contributed by atoms with E-state index >= 15 is 0 Å². The number of nitrogens with zero attached hydrogens (tertiary/aromatic N) is 1. The normalized spacial score (nSPS) is 12.7. The Hall–Kier alpha value is -2.38. The van der Waals surface area contributed by atoms with Gasteiger partial charge in [-0.1, -0.05) is 25.1 Å². The predicted octanol–water partition coefficient (Wildman–Crippen LogP) is 3.14. The van der Waals surface area contributed by atoms with Crippen molar-refractivity contribution in [1.82, 2.24) is 9.62 Å². The van der Waals surface area contributed by atoms with Crippen LogP contribution >= 0.6 is 0 Å². The maximum atomic E-state index is 12.7. The Labute approximate surface area is 161 Å². The van der Waals surface area contributed by atoms with Gasteiger partial charge in [-0.15, -0.1) is 0 Å². The fraction of sp³-hybridized carbons (Fsp3) is 0.350. The van der Waals surface area contributed by atoms with Gasteiger partial charge in [-0.05, 0) is 48.7 Å². The van der Waals surface area contributed by atoms with Gasteiger partial charge in [0.25, 0.3) is 5.91 Å². The van der Waals surface area contributed by atoms with Crippen molar-refractivity contribution in [2.24, 2.45) is 0 Å². The predicted molar refractivity (Wildman–Crippen MR) is 106 cm³/mol. The van der Waals surface area contributed by atoms with Gasteiger partial charge in [0.15, 0.2) is 0 Å². The first kappa shape index (κ1) is 20.9. The Bertz CT molecular complexity index is 923.